The summed E-state index contributed by atoms with van der Waals surface area (Å²) in [7, 11) is 0. The molecule has 0 aliphatic carbocycles. The molecule has 0 saturated heterocycles. The molecule has 0 saturated carbocycles. The number of rotatable bonds is 5. The summed E-state index contributed by atoms with van der Waals surface area (Å²) in [5.74, 6) is 0.191. The van der Waals surface area contributed by atoms with E-state index in [0.717, 1.165) is 22.4 Å². The molecule has 1 amide bonds. The Kier molecular flexibility index (Phi) is 5.12. The normalized spacial score (nSPS) is 12.2. The third kappa shape index (κ3) is 4.39. The van der Waals surface area contributed by atoms with Gasteiger partial charge in [0.2, 0.25) is 0 Å². The van der Waals surface area contributed by atoms with Gasteiger partial charge in [0.1, 0.15) is 0 Å². The van der Waals surface area contributed by atoms with Crippen molar-refractivity contribution in [2.24, 2.45) is 5.92 Å². The minimum Gasteiger partial charge on any atom is -0.352 e. The van der Waals surface area contributed by atoms with E-state index in [9.17, 15) is 4.79 Å². The number of carbonyl (C=O) groups excluding carboxylic acids is 1. The zero-order valence-corrected chi connectivity index (χ0v) is 14.0. The Morgan fingerprint density at radius 3 is 2.76 bits per heavy atom. The van der Waals surface area contributed by atoms with E-state index in [1.807, 2.05) is 18.5 Å². The van der Waals surface area contributed by atoms with Crippen LogP contribution in [-0.4, -0.2) is 27.2 Å². The first-order valence-electron chi connectivity index (χ1n) is 6.85. The first kappa shape index (κ1) is 15.7. The summed E-state index contributed by atoms with van der Waals surface area (Å²) < 4.78 is 2.78. The van der Waals surface area contributed by atoms with E-state index in [1.54, 1.807) is 18.5 Å². The van der Waals surface area contributed by atoms with Crippen LogP contribution in [0.4, 0.5) is 0 Å². The van der Waals surface area contributed by atoms with Crippen molar-refractivity contribution in [1.82, 2.24) is 20.1 Å². The lowest BCUT2D eigenvalue weighted by atomic mass is 10.1. The van der Waals surface area contributed by atoms with Crippen LogP contribution in [-0.2, 0) is 6.54 Å². The van der Waals surface area contributed by atoms with E-state index in [2.05, 4.69) is 44.3 Å². The van der Waals surface area contributed by atoms with Crippen molar-refractivity contribution in [2.75, 3.05) is 6.54 Å². The van der Waals surface area contributed by atoms with Gasteiger partial charge in [-0.25, -0.2) is 0 Å². The molecule has 0 aliphatic rings. The van der Waals surface area contributed by atoms with Crippen LogP contribution in [0.2, 0.25) is 0 Å². The Hall–Kier alpha value is -1.69. The van der Waals surface area contributed by atoms with Gasteiger partial charge in [-0.05, 0) is 47.8 Å². The third-order valence-electron chi connectivity index (χ3n) is 3.17. The number of nitrogens with one attached hydrogen (secondary N) is 1. The molecule has 1 N–H and O–H groups in total. The van der Waals surface area contributed by atoms with Crippen LogP contribution in [0.3, 0.4) is 0 Å². The molecule has 2 rings (SSSR count). The Labute approximate surface area is 132 Å². The van der Waals surface area contributed by atoms with Crippen molar-refractivity contribution in [3.63, 3.8) is 0 Å². The van der Waals surface area contributed by atoms with Gasteiger partial charge < -0.3 is 5.32 Å². The number of pyridine rings is 1. The average Bonchev–Trinajstić information content (AvgIpc) is 2.74. The van der Waals surface area contributed by atoms with Gasteiger partial charge in [0.25, 0.3) is 5.91 Å². The monoisotopic (exact) mass is 350 g/mol. The zero-order valence-electron chi connectivity index (χ0n) is 12.4. The van der Waals surface area contributed by atoms with Crippen molar-refractivity contribution >= 4 is 21.8 Å². The van der Waals surface area contributed by atoms with Crippen molar-refractivity contribution in [2.45, 2.75) is 27.3 Å². The van der Waals surface area contributed by atoms with E-state index in [4.69, 9.17) is 0 Å². The maximum absolute atomic E-state index is 12.0. The molecule has 0 unspecified atom stereocenters. The molecular weight excluding hydrogens is 332 g/mol. The first-order chi connectivity index (χ1) is 9.95. The lowest BCUT2D eigenvalue weighted by Crippen LogP contribution is -2.30. The Balaban J connectivity index is 1.88. The molecule has 0 aliphatic heterocycles. The summed E-state index contributed by atoms with van der Waals surface area (Å²) >= 11 is 3.31. The highest BCUT2D eigenvalue weighted by atomic mass is 79.9. The zero-order chi connectivity index (χ0) is 15.4. The van der Waals surface area contributed by atoms with Crippen LogP contribution in [0, 0.1) is 19.8 Å². The van der Waals surface area contributed by atoms with Gasteiger partial charge in [0, 0.05) is 35.6 Å². The molecule has 0 bridgehead atoms. The maximum atomic E-state index is 12.0. The average molecular weight is 351 g/mol. The highest BCUT2D eigenvalue weighted by Crippen LogP contribution is 2.10. The van der Waals surface area contributed by atoms with Gasteiger partial charge in [0.05, 0.1) is 11.3 Å². The number of carbonyl (C=O) groups is 1. The quantitative estimate of drug-likeness (QED) is 0.901. The van der Waals surface area contributed by atoms with Crippen molar-refractivity contribution in [1.29, 1.82) is 0 Å². The molecule has 5 nitrogen and oxygen atoms in total. The minimum atomic E-state index is -0.107. The predicted octanol–water partition coefficient (Wildman–Crippen LogP) is 2.72. The van der Waals surface area contributed by atoms with E-state index in [0.29, 0.717) is 18.0 Å². The predicted molar refractivity (Wildman–Crippen MR) is 85.1 cm³/mol. The lowest BCUT2D eigenvalue weighted by Gasteiger charge is -2.14. The number of nitrogens with zero attached hydrogens (tertiary/aromatic N) is 3. The second kappa shape index (κ2) is 6.85. The number of aromatic nitrogens is 3. The third-order valence-corrected chi connectivity index (χ3v) is 3.60. The van der Waals surface area contributed by atoms with E-state index >= 15 is 0 Å². The highest BCUT2D eigenvalue weighted by molar-refractivity contribution is 9.10. The van der Waals surface area contributed by atoms with Crippen LogP contribution in [0.5, 0.6) is 0 Å². The molecule has 21 heavy (non-hydrogen) atoms. The van der Waals surface area contributed by atoms with Gasteiger partial charge in [0.15, 0.2) is 0 Å². The molecule has 2 heterocycles. The largest absolute Gasteiger partial charge is 0.352 e. The molecule has 6 heteroatoms. The molecule has 0 fully saturated rings. The molecule has 1 atom stereocenters. The van der Waals surface area contributed by atoms with Crippen LogP contribution in [0.15, 0.2) is 29.0 Å². The van der Waals surface area contributed by atoms with Gasteiger partial charge in [-0.2, -0.15) is 5.10 Å². The van der Waals surface area contributed by atoms with Crippen LogP contribution in [0.25, 0.3) is 0 Å². The number of hydrogen-bond acceptors (Lipinski definition) is 3. The Bertz CT molecular complexity index is 638. The summed E-state index contributed by atoms with van der Waals surface area (Å²) in [6.07, 6.45) is 3.22. The summed E-state index contributed by atoms with van der Waals surface area (Å²) in [4.78, 5) is 16.0. The van der Waals surface area contributed by atoms with E-state index < -0.39 is 0 Å². The second-order valence-electron chi connectivity index (χ2n) is 5.32. The smallest absolute Gasteiger partial charge is 0.252 e. The van der Waals surface area contributed by atoms with Crippen molar-refractivity contribution in [3.05, 3.63) is 46.0 Å². The fraction of sp³-hybridized carbons (Fsp3) is 0.400. The number of halogens is 1. The number of hydrogen-bond donors (Lipinski definition) is 1. The standard InChI is InChI=1S/C15H19BrN4O/c1-10(9-20-12(3)4-11(2)19-20)6-18-15(21)13-5-14(16)8-17-7-13/h4-5,7-8,10H,6,9H2,1-3H3,(H,18,21)/t10-/m0/s1. The fourth-order valence-corrected chi connectivity index (χ4v) is 2.49. The molecule has 112 valence electrons. The summed E-state index contributed by atoms with van der Waals surface area (Å²) in [6, 6.07) is 3.81. The molecule has 0 spiro atoms. The van der Waals surface area contributed by atoms with Gasteiger partial charge in [-0.3, -0.25) is 14.5 Å². The van der Waals surface area contributed by atoms with Crippen molar-refractivity contribution < 1.29 is 4.79 Å². The van der Waals surface area contributed by atoms with Gasteiger partial charge in [-0.1, -0.05) is 6.92 Å². The minimum absolute atomic E-state index is 0.107. The SMILES string of the molecule is Cc1cc(C)n(C[C@@H](C)CNC(=O)c2cncc(Br)c2)n1. The molecule has 0 aromatic carbocycles. The molecule has 2 aromatic rings. The second-order valence-corrected chi connectivity index (χ2v) is 6.23. The summed E-state index contributed by atoms with van der Waals surface area (Å²) in [5.41, 5.74) is 2.72. The van der Waals surface area contributed by atoms with Crippen LogP contribution >= 0.6 is 15.9 Å². The Morgan fingerprint density at radius 1 is 1.38 bits per heavy atom. The molecular formula is C15H19BrN4O. The molecule has 2 aromatic heterocycles. The maximum Gasteiger partial charge on any atom is 0.252 e. The molecule has 0 radical (unpaired) electrons. The fourth-order valence-electron chi connectivity index (χ4n) is 2.12. The highest BCUT2D eigenvalue weighted by Gasteiger charge is 2.10. The topological polar surface area (TPSA) is 59.8 Å². The van der Waals surface area contributed by atoms with Crippen LogP contribution < -0.4 is 5.32 Å². The van der Waals surface area contributed by atoms with Gasteiger partial charge >= 0.3 is 0 Å². The van der Waals surface area contributed by atoms with Crippen LogP contribution in [0.1, 0.15) is 28.7 Å². The lowest BCUT2D eigenvalue weighted by molar-refractivity contribution is 0.0946. The van der Waals surface area contributed by atoms with Crippen molar-refractivity contribution in [3.8, 4) is 0 Å². The first-order valence-corrected chi connectivity index (χ1v) is 7.65. The summed E-state index contributed by atoms with van der Waals surface area (Å²) in [5, 5.41) is 7.37. The Morgan fingerprint density at radius 2 is 2.14 bits per heavy atom. The number of amides is 1. The van der Waals surface area contributed by atoms with E-state index in [-0.39, 0.29) is 5.91 Å². The van der Waals surface area contributed by atoms with E-state index in [1.165, 1.54) is 0 Å². The summed E-state index contributed by atoms with van der Waals surface area (Å²) in [6.45, 7) is 7.50. The van der Waals surface area contributed by atoms with Gasteiger partial charge in [-0.15, -0.1) is 0 Å². The number of aryl methyl sites for hydroxylation is 2.